The molecule has 0 aromatic carbocycles. The molecule has 8 heteroatoms. The summed E-state index contributed by atoms with van der Waals surface area (Å²) in [6, 6.07) is 0. The molecule has 3 aliphatic rings. The fourth-order valence-electron chi connectivity index (χ4n) is 3.81. The van der Waals surface area contributed by atoms with E-state index < -0.39 is 47.5 Å². The van der Waals surface area contributed by atoms with Gasteiger partial charge in [-0.3, -0.25) is 19.2 Å². The van der Waals surface area contributed by atoms with Crippen LogP contribution in [0.2, 0.25) is 0 Å². The molecule has 0 N–H and O–H groups in total. The molecule has 4 atom stereocenters. The van der Waals surface area contributed by atoms with Gasteiger partial charge in [-0.15, -0.1) is 0 Å². The first-order valence-electron chi connectivity index (χ1n) is 10.6. The summed E-state index contributed by atoms with van der Waals surface area (Å²) in [5, 5.41) is 0. The average Bonchev–Trinajstić information content (AvgIpc) is 2.82. The van der Waals surface area contributed by atoms with Crippen LogP contribution in [-0.2, 0) is 38.1 Å². The third-order valence-corrected chi connectivity index (χ3v) is 5.58. The smallest absolute Gasteiger partial charge is 0.311 e. The van der Waals surface area contributed by atoms with Crippen LogP contribution in [0.1, 0.15) is 25.7 Å². The number of carbonyl (C=O) groups is 4. The van der Waals surface area contributed by atoms with Crippen molar-refractivity contribution in [2.75, 3.05) is 26.4 Å². The molecule has 1 heterocycles. The Morgan fingerprint density at radius 3 is 1.16 bits per heavy atom. The molecule has 0 saturated carbocycles. The van der Waals surface area contributed by atoms with Gasteiger partial charge in [0.25, 0.3) is 0 Å². The van der Waals surface area contributed by atoms with Gasteiger partial charge in [0.1, 0.15) is 13.2 Å². The van der Waals surface area contributed by atoms with Gasteiger partial charge in [0.05, 0.1) is 23.7 Å². The number of hydrogen-bond donors (Lipinski definition) is 0. The Balaban J connectivity index is 1.68. The van der Waals surface area contributed by atoms with E-state index in [0.29, 0.717) is 25.7 Å². The molecule has 0 saturated heterocycles. The molecule has 0 amide bonds. The number of esters is 4. The van der Waals surface area contributed by atoms with Gasteiger partial charge in [0, 0.05) is 0 Å². The highest BCUT2D eigenvalue weighted by atomic mass is 16.5. The van der Waals surface area contributed by atoms with Crippen molar-refractivity contribution in [3.63, 3.8) is 0 Å². The van der Waals surface area contributed by atoms with Gasteiger partial charge in [-0.05, 0) is 37.8 Å². The molecule has 1 aliphatic heterocycles. The van der Waals surface area contributed by atoms with Gasteiger partial charge >= 0.3 is 23.9 Å². The minimum absolute atomic E-state index is 0.00897. The lowest BCUT2D eigenvalue weighted by Gasteiger charge is -2.25. The highest BCUT2D eigenvalue weighted by molar-refractivity contribution is 5.83. The Morgan fingerprint density at radius 1 is 0.500 bits per heavy atom. The van der Waals surface area contributed by atoms with Crippen LogP contribution in [0.3, 0.4) is 0 Å². The number of rotatable bonds is 0. The first-order chi connectivity index (χ1) is 15.6. The van der Waals surface area contributed by atoms with Gasteiger partial charge in [-0.25, -0.2) is 0 Å². The van der Waals surface area contributed by atoms with Crippen LogP contribution in [0.15, 0.2) is 36.5 Å². The van der Waals surface area contributed by atoms with Crippen LogP contribution >= 0.6 is 0 Å². The third-order valence-electron chi connectivity index (χ3n) is 5.58. The Labute approximate surface area is 186 Å². The number of allylic oxidation sites excluding steroid dienone is 4. The second-order valence-corrected chi connectivity index (χ2v) is 7.61. The summed E-state index contributed by atoms with van der Waals surface area (Å²) in [5.41, 5.74) is 0. The Bertz CT molecular complexity index is 804. The van der Waals surface area contributed by atoms with Gasteiger partial charge in [0.2, 0.25) is 0 Å². The van der Waals surface area contributed by atoms with E-state index in [1.807, 2.05) is 24.3 Å². The van der Waals surface area contributed by atoms with Gasteiger partial charge in [0.15, 0.2) is 13.2 Å². The van der Waals surface area contributed by atoms with Crippen LogP contribution in [-0.4, -0.2) is 50.3 Å². The van der Waals surface area contributed by atoms with Crippen molar-refractivity contribution in [2.24, 2.45) is 23.7 Å². The van der Waals surface area contributed by atoms with Crippen LogP contribution in [0.4, 0.5) is 0 Å². The fourth-order valence-corrected chi connectivity index (χ4v) is 3.81. The van der Waals surface area contributed by atoms with E-state index in [0.717, 1.165) is 0 Å². The molecule has 32 heavy (non-hydrogen) atoms. The lowest BCUT2D eigenvalue weighted by atomic mass is 9.83. The fraction of sp³-hybridized carbons (Fsp3) is 0.500. The summed E-state index contributed by atoms with van der Waals surface area (Å²) in [4.78, 5) is 49.7. The minimum atomic E-state index is -0.640. The van der Waals surface area contributed by atoms with Crippen molar-refractivity contribution in [3.05, 3.63) is 36.5 Å². The number of hydrogen-bond acceptors (Lipinski definition) is 8. The molecule has 0 radical (unpaired) electrons. The predicted octanol–water partition coefficient (Wildman–Crippen LogP) is 1.90. The highest BCUT2D eigenvalue weighted by Gasteiger charge is 2.37. The van der Waals surface area contributed by atoms with E-state index in [4.69, 9.17) is 18.9 Å². The molecule has 8 nitrogen and oxygen atoms in total. The highest BCUT2D eigenvalue weighted by Crippen LogP contribution is 2.29. The molecule has 0 fully saturated rings. The van der Waals surface area contributed by atoms with Crippen LogP contribution in [0, 0.1) is 35.5 Å². The second kappa shape index (κ2) is 11.9. The molecular weight excluding hydrogens is 416 g/mol. The first kappa shape index (κ1) is 23.3. The van der Waals surface area contributed by atoms with Crippen molar-refractivity contribution in [1.82, 2.24) is 0 Å². The first-order valence-corrected chi connectivity index (χ1v) is 10.6. The van der Waals surface area contributed by atoms with Crippen molar-refractivity contribution < 1.29 is 38.1 Å². The number of ether oxygens (including phenoxy) is 4. The molecule has 2 aliphatic carbocycles. The van der Waals surface area contributed by atoms with E-state index in [-0.39, 0.29) is 26.4 Å². The second-order valence-electron chi connectivity index (χ2n) is 7.61. The third kappa shape index (κ3) is 6.33. The summed E-state index contributed by atoms with van der Waals surface area (Å²) < 4.78 is 20.9. The lowest BCUT2D eigenvalue weighted by molar-refractivity contribution is -0.159. The zero-order chi connectivity index (χ0) is 22.8. The normalized spacial score (nSPS) is 30.8. The molecule has 0 bridgehead atoms. The quantitative estimate of drug-likeness (QED) is 0.242. The van der Waals surface area contributed by atoms with E-state index in [1.165, 1.54) is 0 Å². The van der Waals surface area contributed by atoms with E-state index in [9.17, 15) is 19.2 Å². The standard InChI is InChI=1S/C24H26O8/c25-21-17-9-1-2-10-18(17)22(26)30-14-7-8-16-32-24(28)20-12-4-3-11-19(20)23(27)31-15-6-5-13-29-21/h1-6,17-20H,9-16H2/b6-5+. The zero-order valence-corrected chi connectivity index (χ0v) is 17.7. The minimum Gasteiger partial charge on any atom is -0.461 e. The summed E-state index contributed by atoms with van der Waals surface area (Å²) in [6.45, 7) is -0.375. The Kier molecular flexibility index (Phi) is 8.67. The number of cyclic esters (lactones) is 4. The number of fused-ring (bicyclic) bond motifs is 2. The summed E-state index contributed by atoms with van der Waals surface area (Å²) >= 11 is 0. The molecular formula is C24H26O8. The molecule has 3 rings (SSSR count). The van der Waals surface area contributed by atoms with Gasteiger partial charge in [-0.2, -0.15) is 0 Å². The van der Waals surface area contributed by atoms with E-state index >= 15 is 0 Å². The largest absolute Gasteiger partial charge is 0.461 e. The lowest BCUT2D eigenvalue weighted by Crippen LogP contribution is -2.34. The Morgan fingerprint density at radius 2 is 0.812 bits per heavy atom. The topological polar surface area (TPSA) is 105 Å². The number of carbonyl (C=O) groups excluding carboxylic acids is 4. The van der Waals surface area contributed by atoms with Crippen molar-refractivity contribution in [1.29, 1.82) is 0 Å². The molecule has 4 unspecified atom stereocenters. The molecule has 0 aromatic rings. The Hall–Kier alpha value is -3.34. The van der Waals surface area contributed by atoms with Crippen LogP contribution < -0.4 is 0 Å². The summed E-state index contributed by atoms with van der Waals surface area (Å²) in [6.07, 6.45) is 12.0. The van der Waals surface area contributed by atoms with Gasteiger partial charge in [-0.1, -0.05) is 36.1 Å². The zero-order valence-electron chi connectivity index (χ0n) is 17.7. The van der Waals surface area contributed by atoms with Crippen molar-refractivity contribution in [3.8, 4) is 11.8 Å². The summed E-state index contributed by atoms with van der Waals surface area (Å²) in [5.74, 6) is 0.711. The maximum Gasteiger partial charge on any atom is 0.311 e. The SMILES string of the molecule is O=C1OCC#CCOC(=O)C2CC=CCC2C(=O)OC/C=C/COC(=O)C2CC=CCC12. The average molecular weight is 442 g/mol. The summed E-state index contributed by atoms with van der Waals surface area (Å²) in [7, 11) is 0. The van der Waals surface area contributed by atoms with Crippen LogP contribution in [0.5, 0.6) is 0 Å². The van der Waals surface area contributed by atoms with E-state index in [2.05, 4.69) is 11.8 Å². The van der Waals surface area contributed by atoms with Crippen molar-refractivity contribution in [2.45, 2.75) is 25.7 Å². The van der Waals surface area contributed by atoms with Crippen molar-refractivity contribution >= 4 is 23.9 Å². The predicted molar refractivity (Wildman–Crippen MR) is 111 cm³/mol. The molecule has 170 valence electrons. The van der Waals surface area contributed by atoms with E-state index in [1.54, 1.807) is 12.2 Å². The monoisotopic (exact) mass is 442 g/mol. The van der Waals surface area contributed by atoms with Gasteiger partial charge < -0.3 is 18.9 Å². The molecule has 0 aromatic heterocycles. The molecule has 0 spiro atoms. The maximum atomic E-state index is 12.4. The maximum absolute atomic E-state index is 12.4. The van der Waals surface area contributed by atoms with Crippen LogP contribution in [0.25, 0.3) is 0 Å².